The smallest absolute Gasteiger partial charge is 0.307 e. The van der Waals surface area contributed by atoms with Crippen LogP contribution in [0.4, 0.5) is 0 Å². The maximum Gasteiger partial charge on any atom is 0.307 e. The summed E-state index contributed by atoms with van der Waals surface area (Å²) in [5.41, 5.74) is 1.87. The molecule has 0 saturated heterocycles. The number of rotatable bonds is 5. The molecule has 0 aromatic heterocycles. The summed E-state index contributed by atoms with van der Waals surface area (Å²) >= 11 is 0. The Morgan fingerprint density at radius 1 is 1.19 bits per heavy atom. The van der Waals surface area contributed by atoms with Crippen LogP contribution in [0.3, 0.4) is 0 Å². The highest BCUT2D eigenvalue weighted by atomic mass is 16.4. The summed E-state index contributed by atoms with van der Waals surface area (Å²) in [6.07, 6.45) is 2.36. The van der Waals surface area contributed by atoms with Crippen molar-refractivity contribution in [1.29, 1.82) is 0 Å². The van der Waals surface area contributed by atoms with Crippen LogP contribution in [-0.2, 0) is 4.79 Å². The van der Waals surface area contributed by atoms with Crippen molar-refractivity contribution in [2.75, 3.05) is 0 Å². The first-order chi connectivity index (χ1) is 9.93. The summed E-state index contributed by atoms with van der Waals surface area (Å²) in [6.45, 7) is 6.33. The lowest BCUT2D eigenvalue weighted by atomic mass is 9.87. The third-order valence-electron chi connectivity index (χ3n) is 4.83. The Morgan fingerprint density at radius 2 is 1.76 bits per heavy atom. The normalized spacial score (nSPS) is 26.5. The van der Waals surface area contributed by atoms with Crippen molar-refractivity contribution in [2.24, 2.45) is 17.8 Å². The first-order valence-electron chi connectivity index (χ1n) is 7.81. The standard InChI is InChI=1S/C18H24O3/c1-4-12(3)13-5-7-14(8-6-13)17(19)15-9-11(2)10-16(15)18(20)21/h5-8,11-12,15-16H,4,9-10H2,1-3H3,(H,20,21). The number of Topliss-reactive ketones (excluding diaryl/α,β-unsaturated/α-hetero) is 1. The van der Waals surface area contributed by atoms with Crippen molar-refractivity contribution >= 4 is 11.8 Å². The van der Waals surface area contributed by atoms with Gasteiger partial charge in [0.05, 0.1) is 5.92 Å². The van der Waals surface area contributed by atoms with Crippen molar-refractivity contribution in [3.05, 3.63) is 35.4 Å². The van der Waals surface area contributed by atoms with Gasteiger partial charge in [-0.1, -0.05) is 45.0 Å². The summed E-state index contributed by atoms with van der Waals surface area (Å²) in [5.74, 6) is -0.961. The third-order valence-corrected chi connectivity index (χ3v) is 4.83. The third kappa shape index (κ3) is 3.34. The Bertz CT molecular complexity index is 518. The maximum absolute atomic E-state index is 12.6. The topological polar surface area (TPSA) is 54.4 Å². The van der Waals surface area contributed by atoms with Crippen LogP contribution in [0, 0.1) is 17.8 Å². The number of hydrogen-bond donors (Lipinski definition) is 1. The average molecular weight is 288 g/mol. The molecule has 1 aliphatic rings. The molecule has 1 aliphatic carbocycles. The Balaban J connectivity index is 2.17. The lowest BCUT2D eigenvalue weighted by Crippen LogP contribution is -2.25. The van der Waals surface area contributed by atoms with E-state index in [1.54, 1.807) is 0 Å². The molecule has 1 aromatic carbocycles. The summed E-state index contributed by atoms with van der Waals surface area (Å²) in [4.78, 5) is 23.9. The number of aliphatic carboxylic acids is 1. The van der Waals surface area contributed by atoms with Crippen molar-refractivity contribution in [1.82, 2.24) is 0 Å². The van der Waals surface area contributed by atoms with E-state index in [1.807, 2.05) is 31.2 Å². The Labute approximate surface area is 126 Å². The van der Waals surface area contributed by atoms with Gasteiger partial charge in [-0.25, -0.2) is 0 Å². The predicted molar refractivity (Wildman–Crippen MR) is 82.5 cm³/mol. The Morgan fingerprint density at radius 3 is 2.29 bits per heavy atom. The van der Waals surface area contributed by atoms with Crippen LogP contribution in [-0.4, -0.2) is 16.9 Å². The van der Waals surface area contributed by atoms with Gasteiger partial charge in [-0.05, 0) is 36.7 Å². The van der Waals surface area contributed by atoms with E-state index in [4.69, 9.17) is 0 Å². The number of hydrogen-bond acceptors (Lipinski definition) is 2. The summed E-state index contributed by atoms with van der Waals surface area (Å²) in [6, 6.07) is 7.70. The number of carbonyl (C=O) groups is 2. The molecule has 3 heteroatoms. The zero-order valence-corrected chi connectivity index (χ0v) is 13.0. The molecule has 1 aromatic rings. The second kappa shape index (κ2) is 6.42. The highest BCUT2D eigenvalue weighted by Crippen LogP contribution is 2.38. The highest BCUT2D eigenvalue weighted by Gasteiger charge is 2.41. The molecule has 4 atom stereocenters. The summed E-state index contributed by atoms with van der Waals surface area (Å²) in [7, 11) is 0. The fourth-order valence-electron chi connectivity index (χ4n) is 3.28. The molecule has 0 bridgehead atoms. The summed E-state index contributed by atoms with van der Waals surface area (Å²) < 4.78 is 0. The van der Waals surface area contributed by atoms with Gasteiger partial charge < -0.3 is 5.11 Å². The molecule has 1 saturated carbocycles. The number of carbonyl (C=O) groups excluding carboxylic acids is 1. The van der Waals surface area contributed by atoms with E-state index in [9.17, 15) is 14.7 Å². The van der Waals surface area contributed by atoms with Crippen LogP contribution < -0.4 is 0 Å². The molecule has 0 aliphatic heterocycles. The van der Waals surface area contributed by atoms with Crippen LogP contribution in [0.1, 0.15) is 61.9 Å². The first-order valence-corrected chi connectivity index (χ1v) is 7.81. The largest absolute Gasteiger partial charge is 0.481 e. The second-order valence-corrected chi connectivity index (χ2v) is 6.42. The van der Waals surface area contributed by atoms with E-state index in [1.165, 1.54) is 5.56 Å². The van der Waals surface area contributed by atoms with Crippen LogP contribution in [0.15, 0.2) is 24.3 Å². The van der Waals surface area contributed by atoms with E-state index in [2.05, 4.69) is 13.8 Å². The van der Waals surface area contributed by atoms with Crippen LogP contribution >= 0.6 is 0 Å². The van der Waals surface area contributed by atoms with E-state index in [0.717, 1.165) is 6.42 Å². The minimum absolute atomic E-state index is 0.0116. The van der Waals surface area contributed by atoms with Crippen molar-refractivity contribution in [3.8, 4) is 0 Å². The molecular formula is C18H24O3. The fraction of sp³-hybridized carbons (Fsp3) is 0.556. The molecule has 0 heterocycles. The van der Waals surface area contributed by atoms with E-state index < -0.39 is 11.9 Å². The molecule has 1 fully saturated rings. The van der Waals surface area contributed by atoms with Crippen molar-refractivity contribution in [3.63, 3.8) is 0 Å². The van der Waals surface area contributed by atoms with Crippen LogP contribution in [0.25, 0.3) is 0 Å². The molecule has 21 heavy (non-hydrogen) atoms. The van der Waals surface area contributed by atoms with Gasteiger partial charge >= 0.3 is 5.97 Å². The molecular weight excluding hydrogens is 264 g/mol. The molecule has 0 radical (unpaired) electrons. The zero-order valence-electron chi connectivity index (χ0n) is 13.0. The lowest BCUT2D eigenvalue weighted by molar-refractivity contribution is -0.142. The molecule has 114 valence electrons. The molecule has 4 unspecified atom stereocenters. The summed E-state index contributed by atoms with van der Waals surface area (Å²) in [5, 5.41) is 9.29. The van der Waals surface area contributed by atoms with Gasteiger partial charge in [0.15, 0.2) is 5.78 Å². The molecule has 2 rings (SSSR count). The lowest BCUT2D eigenvalue weighted by Gasteiger charge is -2.15. The van der Waals surface area contributed by atoms with Gasteiger partial charge in [0, 0.05) is 11.5 Å². The van der Waals surface area contributed by atoms with Gasteiger partial charge in [0.25, 0.3) is 0 Å². The van der Waals surface area contributed by atoms with Crippen molar-refractivity contribution in [2.45, 2.75) is 46.0 Å². The van der Waals surface area contributed by atoms with Gasteiger partial charge in [-0.15, -0.1) is 0 Å². The highest BCUT2D eigenvalue weighted by molar-refractivity contribution is 6.00. The van der Waals surface area contributed by atoms with Gasteiger partial charge in [0.1, 0.15) is 0 Å². The average Bonchev–Trinajstić information content (AvgIpc) is 2.88. The first kappa shape index (κ1) is 15.7. The molecule has 3 nitrogen and oxygen atoms in total. The Hall–Kier alpha value is -1.64. The van der Waals surface area contributed by atoms with Crippen LogP contribution in [0.2, 0.25) is 0 Å². The van der Waals surface area contributed by atoms with Crippen molar-refractivity contribution < 1.29 is 14.7 Å². The van der Waals surface area contributed by atoms with Gasteiger partial charge in [0.2, 0.25) is 0 Å². The maximum atomic E-state index is 12.6. The molecule has 0 spiro atoms. The van der Waals surface area contributed by atoms with E-state index in [0.29, 0.717) is 30.2 Å². The number of carboxylic acids is 1. The van der Waals surface area contributed by atoms with E-state index >= 15 is 0 Å². The predicted octanol–water partition coefficient (Wildman–Crippen LogP) is 4.13. The number of benzene rings is 1. The number of ketones is 1. The van der Waals surface area contributed by atoms with E-state index in [-0.39, 0.29) is 11.7 Å². The fourth-order valence-corrected chi connectivity index (χ4v) is 3.28. The SMILES string of the molecule is CCC(C)c1ccc(C(=O)C2CC(C)CC2C(=O)O)cc1. The monoisotopic (exact) mass is 288 g/mol. The minimum Gasteiger partial charge on any atom is -0.481 e. The second-order valence-electron chi connectivity index (χ2n) is 6.42. The Kier molecular flexibility index (Phi) is 4.81. The molecule has 0 amide bonds. The quantitative estimate of drug-likeness (QED) is 0.829. The molecule has 1 N–H and O–H groups in total. The van der Waals surface area contributed by atoms with Gasteiger partial charge in [-0.2, -0.15) is 0 Å². The minimum atomic E-state index is -0.839. The number of carboxylic acid groups (broad SMARTS) is 1. The van der Waals surface area contributed by atoms with Gasteiger partial charge in [-0.3, -0.25) is 9.59 Å². The zero-order chi connectivity index (χ0) is 15.6. The van der Waals surface area contributed by atoms with Crippen LogP contribution in [0.5, 0.6) is 0 Å².